The summed E-state index contributed by atoms with van der Waals surface area (Å²) in [5, 5.41) is 0. The molecule has 0 saturated heterocycles. The van der Waals surface area contributed by atoms with E-state index in [1.807, 2.05) is 34.9 Å². The second-order valence-corrected chi connectivity index (χ2v) is 12.1. The molecule has 0 radical (unpaired) electrons. The van der Waals surface area contributed by atoms with Crippen molar-refractivity contribution < 1.29 is 8.91 Å². The van der Waals surface area contributed by atoms with E-state index in [1.54, 1.807) is 0 Å². The molecular weight excluding hydrogens is 270 g/mol. The van der Waals surface area contributed by atoms with E-state index in [4.69, 9.17) is 4.12 Å². The van der Waals surface area contributed by atoms with Crippen LogP contribution in [0.2, 0.25) is 19.6 Å². The SMILES string of the molecule is CCCCN([SiH2]O[Si](C)(C)C)C(=O)c1ccccc1. The highest BCUT2D eigenvalue weighted by Crippen LogP contribution is 2.08. The molecule has 0 atom stereocenters. The molecule has 1 rings (SSSR count). The van der Waals surface area contributed by atoms with Crippen molar-refractivity contribution in [3.05, 3.63) is 35.9 Å². The Kier molecular flexibility index (Phi) is 6.47. The summed E-state index contributed by atoms with van der Waals surface area (Å²) >= 11 is 0. The number of carbonyl (C=O) groups excluding carboxylic acids is 1. The lowest BCUT2D eigenvalue weighted by Gasteiger charge is -2.27. The third-order valence-electron chi connectivity index (χ3n) is 2.74. The van der Waals surface area contributed by atoms with Crippen molar-refractivity contribution in [2.24, 2.45) is 0 Å². The number of amides is 1. The number of hydrogen-bond acceptors (Lipinski definition) is 2. The van der Waals surface area contributed by atoms with Crippen LogP contribution in [0.25, 0.3) is 0 Å². The molecule has 0 fully saturated rings. The van der Waals surface area contributed by atoms with E-state index in [-0.39, 0.29) is 5.91 Å². The van der Waals surface area contributed by atoms with Crippen molar-refractivity contribution in [3.63, 3.8) is 0 Å². The summed E-state index contributed by atoms with van der Waals surface area (Å²) < 4.78 is 7.97. The van der Waals surface area contributed by atoms with E-state index >= 15 is 0 Å². The largest absolute Gasteiger partial charge is 0.445 e. The molecule has 0 aliphatic rings. The van der Waals surface area contributed by atoms with Gasteiger partial charge in [-0.25, -0.2) is 0 Å². The van der Waals surface area contributed by atoms with Crippen LogP contribution in [0.4, 0.5) is 0 Å². The van der Waals surface area contributed by atoms with Crippen LogP contribution in [0.15, 0.2) is 30.3 Å². The van der Waals surface area contributed by atoms with Crippen molar-refractivity contribution in [2.75, 3.05) is 6.54 Å². The first-order valence-corrected chi connectivity index (χ1v) is 11.5. The summed E-state index contributed by atoms with van der Waals surface area (Å²) in [6.45, 7) is 9.48. The lowest BCUT2D eigenvalue weighted by molar-refractivity contribution is 0.0847. The normalized spacial score (nSPS) is 12.0. The predicted octanol–water partition coefficient (Wildman–Crippen LogP) is 2.78. The van der Waals surface area contributed by atoms with Crippen molar-refractivity contribution in [2.45, 2.75) is 39.4 Å². The molecule has 19 heavy (non-hydrogen) atoms. The van der Waals surface area contributed by atoms with Gasteiger partial charge in [0.25, 0.3) is 9.92 Å². The molecule has 0 spiro atoms. The summed E-state index contributed by atoms with van der Waals surface area (Å²) in [6.07, 6.45) is 2.14. The van der Waals surface area contributed by atoms with Gasteiger partial charge in [0.1, 0.15) is 0 Å². The molecule has 0 aromatic heterocycles. The van der Waals surface area contributed by atoms with Crippen molar-refractivity contribution in [3.8, 4) is 0 Å². The van der Waals surface area contributed by atoms with E-state index in [2.05, 4.69) is 26.6 Å². The van der Waals surface area contributed by atoms with Gasteiger partial charge in [0.15, 0.2) is 8.32 Å². The van der Waals surface area contributed by atoms with Crippen LogP contribution in [-0.4, -0.2) is 35.3 Å². The van der Waals surface area contributed by atoms with E-state index in [0.717, 1.165) is 24.9 Å². The maximum atomic E-state index is 12.5. The molecule has 0 aliphatic heterocycles. The summed E-state index contributed by atoms with van der Waals surface area (Å²) in [5.41, 5.74) is 0.769. The number of unbranched alkanes of at least 4 members (excludes halogenated alkanes) is 1. The first kappa shape index (κ1) is 16.1. The summed E-state index contributed by atoms with van der Waals surface area (Å²) in [5.74, 6) is 0.124. The van der Waals surface area contributed by atoms with Crippen LogP contribution < -0.4 is 0 Å². The Bertz CT molecular complexity index is 390. The third-order valence-corrected chi connectivity index (χ3v) is 7.64. The highest BCUT2D eigenvalue weighted by Gasteiger charge is 2.20. The molecule has 3 nitrogen and oxygen atoms in total. The van der Waals surface area contributed by atoms with Crippen LogP contribution in [0.5, 0.6) is 0 Å². The van der Waals surface area contributed by atoms with Gasteiger partial charge in [-0.1, -0.05) is 31.5 Å². The molecule has 0 N–H and O–H groups in total. The molecule has 0 aliphatic carbocycles. The molecule has 1 aromatic rings. The van der Waals surface area contributed by atoms with E-state index in [0.29, 0.717) is 0 Å². The summed E-state index contributed by atoms with van der Waals surface area (Å²) in [6, 6.07) is 9.51. The van der Waals surface area contributed by atoms with Crippen molar-refractivity contribution >= 4 is 24.1 Å². The van der Waals surface area contributed by atoms with E-state index < -0.39 is 18.2 Å². The van der Waals surface area contributed by atoms with E-state index in [9.17, 15) is 4.79 Å². The van der Waals surface area contributed by atoms with Gasteiger partial charge in [-0.2, -0.15) is 0 Å². The maximum absolute atomic E-state index is 12.5. The Balaban J connectivity index is 2.70. The highest BCUT2D eigenvalue weighted by atomic mass is 28.4. The lowest BCUT2D eigenvalue weighted by Crippen LogP contribution is -2.41. The zero-order valence-corrected chi connectivity index (χ0v) is 14.9. The number of nitrogens with zero attached hydrogens (tertiary/aromatic N) is 1. The first-order chi connectivity index (χ1) is 8.94. The van der Waals surface area contributed by atoms with Crippen LogP contribution >= 0.6 is 0 Å². The summed E-state index contributed by atoms with van der Waals surface area (Å²) in [7, 11) is -2.48. The minimum Gasteiger partial charge on any atom is -0.445 e. The van der Waals surface area contributed by atoms with Crippen LogP contribution in [-0.2, 0) is 4.12 Å². The number of carbonyl (C=O) groups is 1. The minimum absolute atomic E-state index is 0.124. The fourth-order valence-electron chi connectivity index (χ4n) is 1.61. The Morgan fingerprint density at radius 1 is 1.26 bits per heavy atom. The highest BCUT2D eigenvalue weighted by molar-refractivity contribution is 6.73. The topological polar surface area (TPSA) is 29.5 Å². The van der Waals surface area contributed by atoms with Crippen molar-refractivity contribution in [1.29, 1.82) is 0 Å². The quantitative estimate of drug-likeness (QED) is 0.724. The van der Waals surface area contributed by atoms with Crippen LogP contribution in [0.1, 0.15) is 30.1 Å². The van der Waals surface area contributed by atoms with Gasteiger partial charge in [0, 0.05) is 12.1 Å². The van der Waals surface area contributed by atoms with Gasteiger partial charge < -0.3 is 8.68 Å². The Morgan fingerprint density at radius 2 is 1.89 bits per heavy atom. The molecular formula is C14H25NO2Si2. The van der Waals surface area contributed by atoms with Crippen LogP contribution in [0.3, 0.4) is 0 Å². The standard InChI is InChI=1S/C14H25NO2Si2/c1-5-6-12-15(18-17-19(2,3)4)14(16)13-10-8-7-9-11-13/h7-11H,5-6,12,18H2,1-4H3. The average Bonchev–Trinajstić information content (AvgIpc) is 2.38. The maximum Gasteiger partial charge on any atom is 0.259 e. The lowest BCUT2D eigenvalue weighted by atomic mass is 10.2. The Morgan fingerprint density at radius 3 is 2.42 bits per heavy atom. The Hall–Kier alpha value is -0.916. The zero-order valence-electron chi connectivity index (χ0n) is 12.5. The molecule has 1 amide bonds. The van der Waals surface area contributed by atoms with Crippen LogP contribution in [0, 0.1) is 0 Å². The third kappa shape index (κ3) is 6.18. The average molecular weight is 296 g/mol. The van der Waals surface area contributed by atoms with Gasteiger partial charge in [-0.15, -0.1) is 0 Å². The molecule has 0 unspecified atom stereocenters. The van der Waals surface area contributed by atoms with Crippen molar-refractivity contribution in [1.82, 2.24) is 4.57 Å². The molecule has 0 bridgehead atoms. The second-order valence-electron chi connectivity index (χ2n) is 5.67. The molecule has 5 heteroatoms. The first-order valence-electron chi connectivity index (χ1n) is 6.92. The number of hydrogen-bond donors (Lipinski definition) is 0. The smallest absolute Gasteiger partial charge is 0.259 e. The molecule has 0 saturated carbocycles. The van der Waals surface area contributed by atoms with Gasteiger partial charge in [-0.3, -0.25) is 4.79 Å². The molecule has 0 heterocycles. The monoisotopic (exact) mass is 295 g/mol. The van der Waals surface area contributed by atoms with Gasteiger partial charge in [-0.05, 0) is 38.2 Å². The summed E-state index contributed by atoms with van der Waals surface area (Å²) in [4.78, 5) is 12.5. The number of benzene rings is 1. The van der Waals surface area contributed by atoms with E-state index in [1.165, 1.54) is 0 Å². The number of rotatable bonds is 7. The fraction of sp³-hybridized carbons (Fsp3) is 0.500. The van der Waals surface area contributed by atoms with Gasteiger partial charge in [0.05, 0.1) is 0 Å². The fourth-order valence-corrected chi connectivity index (χ4v) is 4.43. The molecule has 1 aromatic carbocycles. The van der Waals surface area contributed by atoms with Gasteiger partial charge >= 0.3 is 0 Å². The second kappa shape index (κ2) is 7.62. The zero-order chi connectivity index (χ0) is 14.3. The Labute approximate surface area is 120 Å². The predicted molar refractivity (Wildman–Crippen MR) is 85.4 cm³/mol. The molecule has 106 valence electrons. The minimum atomic E-state index is -1.54. The van der Waals surface area contributed by atoms with Gasteiger partial charge in [0.2, 0.25) is 5.91 Å².